The first-order valence-electron chi connectivity index (χ1n) is 5.46. The first kappa shape index (κ1) is 17.9. The molecule has 22 heavy (non-hydrogen) atoms. The van der Waals surface area contributed by atoms with Gasteiger partial charge in [-0.1, -0.05) is 0 Å². The van der Waals surface area contributed by atoms with Crippen molar-refractivity contribution in [3.05, 3.63) is 30.1 Å². The van der Waals surface area contributed by atoms with E-state index in [-0.39, 0.29) is 0 Å². The van der Waals surface area contributed by atoms with Crippen molar-refractivity contribution in [2.45, 2.75) is 18.0 Å². The molecule has 11 heteroatoms. The SMILES string of the molecule is COC(=O)NC(Nc1ccc(F)cc1)(C(F)(F)F)C(F)(F)F. The molecule has 124 valence electrons. The minimum atomic E-state index is -5.96. The molecule has 2 N–H and O–H groups in total. The number of halogens is 7. The quantitative estimate of drug-likeness (QED) is 0.658. The Kier molecular flexibility index (Phi) is 4.78. The summed E-state index contributed by atoms with van der Waals surface area (Å²) >= 11 is 0. The maximum absolute atomic E-state index is 13.0. The molecule has 1 aromatic rings. The zero-order chi connectivity index (χ0) is 17.2. The van der Waals surface area contributed by atoms with Crippen LogP contribution in [0.5, 0.6) is 0 Å². The first-order valence-corrected chi connectivity index (χ1v) is 5.46. The number of ether oxygens (including phenoxy) is 1. The average molecular weight is 334 g/mol. The topological polar surface area (TPSA) is 50.4 Å². The van der Waals surface area contributed by atoms with Gasteiger partial charge in [0.25, 0.3) is 0 Å². The number of benzene rings is 1. The molecule has 0 bridgehead atoms. The second-order valence-corrected chi connectivity index (χ2v) is 3.99. The summed E-state index contributed by atoms with van der Waals surface area (Å²) in [4.78, 5) is 10.9. The van der Waals surface area contributed by atoms with Crippen LogP contribution in [0.2, 0.25) is 0 Å². The highest BCUT2D eigenvalue weighted by Gasteiger charge is 2.73. The van der Waals surface area contributed by atoms with Crippen molar-refractivity contribution in [2.75, 3.05) is 12.4 Å². The Bertz CT molecular complexity index is 511. The van der Waals surface area contributed by atoms with Gasteiger partial charge in [0.1, 0.15) is 5.82 Å². The van der Waals surface area contributed by atoms with Crippen molar-refractivity contribution in [1.82, 2.24) is 5.32 Å². The van der Waals surface area contributed by atoms with E-state index in [9.17, 15) is 35.5 Å². The van der Waals surface area contributed by atoms with Gasteiger partial charge in [0.15, 0.2) is 0 Å². The number of hydrogen-bond donors (Lipinski definition) is 2. The predicted octanol–water partition coefficient (Wildman–Crippen LogP) is 3.41. The highest BCUT2D eigenvalue weighted by atomic mass is 19.4. The summed E-state index contributed by atoms with van der Waals surface area (Å²) in [5.74, 6) is -0.865. The average Bonchev–Trinajstić information content (AvgIpc) is 2.37. The van der Waals surface area contributed by atoms with Crippen molar-refractivity contribution in [2.24, 2.45) is 0 Å². The van der Waals surface area contributed by atoms with E-state index in [0.29, 0.717) is 36.7 Å². The van der Waals surface area contributed by atoms with Crippen LogP contribution in [0.4, 0.5) is 41.2 Å². The van der Waals surface area contributed by atoms with Crippen LogP contribution in [0.25, 0.3) is 0 Å². The molecule has 0 aliphatic heterocycles. The Morgan fingerprint density at radius 3 is 1.82 bits per heavy atom. The summed E-state index contributed by atoms with van der Waals surface area (Å²) in [6, 6.07) is 2.61. The van der Waals surface area contributed by atoms with Gasteiger partial charge < -0.3 is 10.1 Å². The Hall–Kier alpha value is -2.20. The third-order valence-electron chi connectivity index (χ3n) is 2.50. The van der Waals surface area contributed by atoms with E-state index in [1.54, 1.807) is 0 Å². The summed E-state index contributed by atoms with van der Waals surface area (Å²) in [7, 11) is 0.602. The fourth-order valence-electron chi connectivity index (χ4n) is 1.43. The lowest BCUT2D eigenvalue weighted by molar-refractivity contribution is -0.294. The summed E-state index contributed by atoms with van der Waals surface area (Å²) in [6.07, 6.45) is -13.9. The van der Waals surface area contributed by atoms with E-state index in [0.717, 1.165) is 5.32 Å². The van der Waals surface area contributed by atoms with Crippen molar-refractivity contribution in [1.29, 1.82) is 0 Å². The Morgan fingerprint density at radius 1 is 1.00 bits per heavy atom. The number of methoxy groups -OCH3 is 1. The Labute approximate surface area is 119 Å². The second kappa shape index (κ2) is 5.89. The van der Waals surface area contributed by atoms with Gasteiger partial charge >= 0.3 is 24.1 Å². The number of alkyl halides is 6. The van der Waals surface area contributed by atoms with Crippen molar-refractivity contribution in [3.63, 3.8) is 0 Å². The van der Waals surface area contributed by atoms with E-state index < -0.39 is 35.6 Å². The van der Waals surface area contributed by atoms with Crippen LogP contribution in [0.1, 0.15) is 0 Å². The highest BCUT2D eigenvalue weighted by molar-refractivity contribution is 5.69. The fourth-order valence-corrected chi connectivity index (χ4v) is 1.43. The zero-order valence-electron chi connectivity index (χ0n) is 10.8. The number of carbonyl (C=O) groups excluding carboxylic acids is 1. The predicted molar refractivity (Wildman–Crippen MR) is 60.4 cm³/mol. The smallest absolute Gasteiger partial charge is 0.439 e. The van der Waals surface area contributed by atoms with Gasteiger partial charge in [-0.2, -0.15) is 26.3 Å². The van der Waals surface area contributed by atoms with Crippen molar-refractivity contribution >= 4 is 11.8 Å². The monoisotopic (exact) mass is 334 g/mol. The fraction of sp³-hybridized carbons (Fsp3) is 0.364. The van der Waals surface area contributed by atoms with Crippen LogP contribution in [0.15, 0.2) is 24.3 Å². The van der Waals surface area contributed by atoms with Crippen LogP contribution >= 0.6 is 0 Å². The minimum Gasteiger partial charge on any atom is -0.453 e. The molecular weight excluding hydrogens is 325 g/mol. The van der Waals surface area contributed by atoms with Gasteiger partial charge in [-0.3, -0.25) is 5.32 Å². The molecule has 0 aromatic heterocycles. The molecule has 0 aliphatic rings. The van der Waals surface area contributed by atoms with Gasteiger partial charge in [-0.05, 0) is 24.3 Å². The van der Waals surface area contributed by atoms with Crippen LogP contribution in [-0.4, -0.2) is 31.2 Å². The summed E-state index contributed by atoms with van der Waals surface area (Å²) in [5, 5.41) is 1.84. The zero-order valence-corrected chi connectivity index (χ0v) is 10.8. The van der Waals surface area contributed by atoms with E-state index in [1.807, 2.05) is 0 Å². The molecule has 0 saturated carbocycles. The molecule has 0 aliphatic carbocycles. The van der Waals surface area contributed by atoms with Crippen LogP contribution < -0.4 is 10.6 Å². The normalized spacial score (nSPS) is 12.7. The van der Waals surface area contributed by atoms with Crippen molar-refractivity contribution in [3.8, 4) is 0 Å². The van der Waals surface area contributed by atoms with Gasteiger partial charge in [0, 0.05) is 5.69 Å². The van der Waals surface area contributed by atoms with E-state index in [4.69, 9.17) is 0 Å². The standard InChI is InChI=1S/C11H9F7N2O2/c1-22-8(21)20-9(10(13,14)15,11(16,17)18)19-7-4-2-6(12)3-5-7/h2-5,19H,1H3,(H,20,21). The lowest BCUT2D eigenvalue weighted by Gasteiger charge is -2.38. The molecular formula is C11H9F7N2O2. The lowest BCUT2D eigenvalue weighted by atomic mass is 10.1. The molecule has 4 nitrogen and oxygen atoms in total. The summed E-state index contributed by atoms with van der Waals surface area (Å²) < 4.78 is 94.5. The molecule has 1 amide bonds. The molecule has 1 rings (SSSR count). The number of anilines is 1. The highest BCUT2D eigenvalue weighted by Crippen LogP contribution is 2.43. The Balaban J connectivity index is 3.35. The summed E-state index contributed by atoms with van der Waals surface area (Å²) in [6.45, 7) is 0. The van der Waals surface area contributed by atoms with Crippen LogP contribution in [-0.2, 0) is 4.74 Å². The third kappa shape index (κ3) is 3.52. The third-order valence-corrected chi connectivity index (χ3v) is 2.50. The molecule has 1 aromatic carbocycles. The van der Waals surface area contributed by atoms with Gasteiger partial charge in [0.2, 0.25) is 0 Å². The number of amides is 1. The number of hydrogen-bond acceptors (Lipinski definition) is 3. The summed E-state index contributed by atoms with van der Waals surface area (Å²) in [5.41, 5.74) is -5.52. The van der Waals surface area contributed by atoms with E-state index in [2.05, 4.69) is 4.74 Å². The van der Waals surface area contributed by atoms with Crippen LogP contribution in [0.3, 0.4) is 0 Å². The number of carbonyl (C=O) groups is 1. The number of alkyl carbamates (subject to hydrolysis) is 1. The largest absolute Gasteiger partial charge is 0.453 e. The molecule has 0 fully saturated rings. The maximum atomic E-state index is 13.0. The first-order chi connectivity index (χ1) is 9.93. The van der Waals surface area contributed by atoms with Crippen LogP contribution in [0, 0.1) is 5.82 Å². The lowest BCUT2D eigenvalue weighted by Crippen LogP contribution is -2.72. The van der Waals surface area contributed by atoms with Gasteiger partial charge in [0.05, 0.1) is 7.11 Å². The molecule has 0 atom stereocenters. The second-order valence-electron chi connectivity index (χ2n) is 3.99. The van der Waals surface area contributed by atoms with Gasteiger partial charge in [-0.15, -0.1) is 0 Å². The van der Waals surface area contributed by atoms with Gasteiger partial charge in [-0.25, -0.2) is 9.18 Å². The number of nitrogens with one attached hydrogen (secondary N) is 2. The Morgan fingerprint density at radius 2 is 1.45 bits per heavy atom. The molecule has 0 spiro atoms. The van der Waals surface area contributed by atoms with E-state index >= 15 is 0 Å². The molecule has 0 heterocycles. The van der Waals surface area contributed by atoms with E-state index in [1.165, 1.54) is 0 Å². The molecule has 0 radical (unpaired) electrons. The minimum absolute atomic E-state index is 0.602. The molecule has 0 saturated heterocycles. The maximum Gasteiger partial charge on any atom is 0.439 e. The van der Waals surface area contributed by atoms with Crippen molar-refractivity contribution < 1.29 is 40.3 Å². The molecule has 0 unspecified atom stereocenters. The number of rotatable bonds is 3.